The summed E-state index contributed by atoms with van der Waals surface area (Å²) < 4.78 is 13.5. The van der Waals surface area contributed by atoms with Crippen molar-refractivity contribution in [1.29, 1.82) is 0 Å². The van der Waals surface area contributed by atoms with Gasteiger partial charge in [0, 0.05) is 24.2 Å². The van der Waals surface area contributed by atoms with E-state index in [1.54, 1.807) is 12.1 Å². The van der Waals surface area contributed by atoms with Gasteiger partial charge in [-0.3, -0.25) is 9.48 Å². The van der Waals surface area contributed by atoms with Gasteiger partial charge in [-0.1, -0.05) is 36.4 Å². The summed E-state index contributed by atoms with van der Waals surface area (Å²) in [5.41, 5.74) is 2.13. The van der Waals surface area contributed by atoms with Crippen molar-refractivity contribution in [2.45, 2.75) is 33.4 Å². The molecular formula is C24H25N3O3. The number of carbonyl (C=O) groups excluding carboxylic acids is 1. The Kier molecular flexibility index (Phi) is 5.84. The normalized spacial score (nSPS) is 11.0. The predicted octanol–water partition coefficient (Wildman–Crippen LogP) is 4.65. The Balaban J connectivity index is 1.28. The van der Waals surface area contributed by atoms with E-state index in [4.69, 9.17) is 9.15 Å². The van der Waals surface area contributed by atoms with Crippen LogP contribution in [0.4, 0.5) is 0 Å². The van der Waals surface area contributed by atoms with Crippen LogP contribution in [0, 0.1) is 13.8 Å². The van der Waals surface area contributed by atoms with Crippen LogP contribution < -0.4 is 10.1 Å². The molecule has 0 saturated heterocycles. The molecule has 154 valence electrons. The molecule has 1 N–H and O–H groups in total. The molecule has 30 heavy (non-hydrogen) atoms. The van der Waals surface area contributed by atoms with Gasteiger partial charge >= 0.3 is 0 Å². The summed E-state index contributed by atoms with van der Waals surface area (Å²) in [5.74, 6) is 1.47. The van der Waals surface area contributed by atoms with Crippen LogP contribution in [0.2, 0.25) is 0 Å². The smallest absolute Gasteiger partial charge is 0.286 e. The highest BCUT2D eigenvalue weighted by Crippen LogP contribution is 2.26. The minimum atomic E-state index is -0.222. The number of nitrogens with one attached hydrogen (secondary N) is 1. The summed E-state index contributed by atoms with van der Waals surface area (Å²) in [4.78, 5) is 12.3. The maximum absolute atomic E-state index is 12.3. The minimum absolute atomic E-state index is 0.222. The number of ether oxygens (including phenoxy) is 1. The van der Waals surface area contributed by atoms with Gasteiger partial charge in [-0.2, -0.15) is 5.10 Å². The average Bonchev–Trinajstić information content (AvgIpc) is 3.35. The molecule has 2 aromatic heterocycles. The third kappa shape index (κ3) is 4.54. The third-order valence-electron chi connectivity index (χ3n) is 4.94. The van der Waals surface area contributed by atoms with Crippen LogP contribution in [-0.4, -0.2) is 22.2 Å². The lowest BCUT2D eigenvalue weighted by Crippen LogP contribution is -2.25. The van der Waals surface area contributed by atoms with Gasteiger partial charge in [0.1, 0.15) is 18.1 Å². The average molecular weight is 403 g/mol. The molecular weight excluding hydrogens is 378 g/mol. The van der Waals surface area contributed by atoms with Crippen molar-refractivity contribution in [3.8, 4) is 5.75 Å². The zero-order valence-corrected chi connectivity index (χ0v) is 17.2. The van der Waals surface area contributed by atoms with Crippen molar-refractivity contribution in [2.75, 3.05) is 6.54 Å². The van der Waals surface area contributed by atoms with Crippen molar-refractivity contribution in [2.24, 2.45) is 0 Å². The Morgan fingerprint density at radius 2 is 1.93 bits per heavy atom. The predicted molar refractivity (Wildman–Crippen MR) is 116 cm³/mol. The molecule has 0 atom stereocenters. The Morgan fingerprint density at radius 3 is 2.77 bits per heavy atom. The third-order valence-corrected chi connectivity index (χ3v) is 4.94. The molecule has 1 amide bonds. The van der Waals surface area contributed by atoms with Gasteiger partial charge in [-0.05, 0) is 49.9 Å². The number of nitrogens with zero attached hydrogens (tertiary/aromatic N) is 2. The zero-order chi connectivity index (χ0) is 20.9. The van der Waals surface area contributed by atoms with E-state index in [2.05, 4.69) is 10.4 Å². The Labute approximate surface area is 175 Å². The highest BCUT2D eigenvalue weighted by atomic mass is 16.5. The molecule has 0 aliphatic rings. The zero-order valence-electron chi connectivity index (χ0n) is 17.2. The molecule has 4 aromatic rings. The van der Waals surface area contributed by atoms with Crippen molar-refractivity contribution in [3.63, 3.8) is 0 Å². The molecule has 0 fully saturated rings. The van der Waals surface area contributed by atoms with E-state index in [0.717, 1.165) is 40.9 Å². The van der Waals surface area contributed by atoms with E-state index in [-0.39, 0.29) is 18.3 Å². The second-order valence-corrected chi connectivity index (χ2v) is 7.29. The number of aryl methyl sites for hydroxylation is 3. The molecule has 6 nitrogen and oxygen atoms in total. The first-order valence-corrected chi connectivity index (χ1v) is 10.1. The second kappa shape index (κ2) is 8.86. The Hall–Kier alpha value is -3.54. The van der Waals surface area contributed by atoms with Crippen LogP contribution >= 0.6 is 0 Å². The van der Waals surface area contributed by atoms with Gasteiger partial charge in [0.25, 0.3) is 5.91 Å². The standard InChI is InChI=1S/C24H25N3O3/c1-17-15-18(2)27(26-17)14-6-13-25-24(28)23-12-11-20(30-23)16-29-22-10-5-8-19-7-3-4-9-21(19)22/h3-5,7-12,15H,6,13-14,16H2,1-2H3,(H,25,28). The van der Waals surface area contributed by atoms with Crippen LogP contribution in [-0.2, 0) is 13.2 Å². The van der Waals surface area contributed by atoms with E-state index >= 15 is 0 Å². The van der Waals surface area contributed by atoms with Crippen molar-refractivity contribution in [3.05, 3.63) is 83.6 Å². The fourth-order valence-electron chi connectivity index (χ4n) is 3.47. The van der Waals surface area contributed by atoms with Crippen LogP contribution in [0.5, 0.6) is 5.75 Å². The number of aromatic nitrogens is 2. The number of carbonyl (C=O) groups is 1. The first-order chi connectivity index (χ1) is 14.6. The quantitative estimate of drug-likeness (QED) is 0.435. The Bertz CT molecular complexity index is 1150. The number of benzene rings is 2. The second-order valence-electron chi connectivity index (χ2n) is 7.29. The maximum Gasteiger partial charge on any atom is 0.286 e. The highest BCUT2D eigenvalue weighted by molar-refractivity contribution is 5.91. The van der Waals surface area contributed by atoms with E-state index < -0.39 is 0 Å². The summed E-state index contributed by atoms with van der Waals surface area (Å²) in [6.45, 7) is 5.59. The molecule has 0 saturated carbocycles. The van der Waals surface area contributed by atoms with Crippen molar-refractivity contribution >= 4 is 16.7 Å². The Morgan fingerprint density at radius 1 is 1.10 bits per heavy atom. The van der Waals surface area contributed by atoms with Crippen molar-refractivity contribution < 1.29 is 13.9 Å². The lowest BCUT2D eigenvalue weighted by atomic mass is 10.1. The number of fused-ring (bicyclic) bond motifs is 1. The van der Waals surface area contributed by atoms with Gasteiger partial charge in [0.15, 0.2) is 5.76 Å². The first-order valence-electron chi connectivity index (χ1n) is 10.1. The van der Waals surface area contributed by atoms with E-state index in [1.807, 2.05) is 67.1 Å². The van der Waals surface area contributed by atoms with Crippen LogP contribution in [0.1, 0.15) is 34.1 Å². The van der Waals surface area contributed by atoms with E-state index in [0.29, 0.717) is 12.3 Å². The molecule has 2 aromatic carbocycles. The summed E-state index contributed by atoms with van der Waals surface area (Å²) in [6, 6.07) is 19.5. The lowest BCUT2D eigenvalue weighted by molar-refractivity contribution is 0.0921. The number of furan rings is 1. The van der Waals surface area contributed by atoms with Gasteiger partial charge in [-0.25, -0.2) is 0 Å². The largest absolute Gasteiger partial charge is 0.485 e. The molecule has 0 unspecified atom stereocenters. The highest BCUT2D eigenvalue weighted by Gasteiger charge is 2.12. The van der Waals surface area contributed by atoms with Crippen LogP contribution in [0.15, 0.2) is 65.1 Å². The number of hydrogen-bond acceptors (Lipinski definition) is 4. The monoisotopic (exact) mass is 403 g/mol. The number of amides is 1. The van der Waals surface area contributed by atoms with E-state index in [9.17, 15) is 4.79 Å². The first kappa shape index (κ1) is 19.8. The van der Waals surface area contributed by atoms with Gasteiger partial charge in [0.2, 0.25) is 0 Å². The minimum Gasteiger partial charge on any atom is -0.485 e. The summed E-state index contributed by atoms with van der Waals surface area (Å²) in [7, 11) is 0. The summed E-state index contributed by atoms with van der Waals surface area (Å²) in [5, 5.41) is 9.49. The van der Waals surface area contributed by atoms with Gasteiger partial charge in [-0.15, -0.1) is 0 Å². The molecule has 4 rings (SSSR count). The van der Waals surface area contributed by atoms with Crippen LogP contribution in [0.25, 0.3) is 10.8 Å². The molecule has 0 spiro atoms. The summed E-state index contributed by atoms with van der Waals surface area (Å²) in [6.07, 6.45) is 0.797. The van der Waals surface area contributed by atoms with Gasteiger partial charge < -0.3 is 14.5 Å². The fraction of sp³-hybridized carbons (Fsp3) is 0.250. The fourth-order valence-corrected chi connectivity index (χ4v) is 3.47. The molecule has 0 aliphatic carbocycles. The number of rotatable bonds is 8. The maximum atomic E-state index is 12.3. The number of hydrogen-bond donors (Lipinski definition) is 1. The lowest BCUT2D eigenvalue weighted by Gasteiger charge is -2.08. The molecule has 0 aliphatic heterocycles. The van der Waals surface area contributed by atoms with E-state index in [1.165, 1.54) is 0 Å². The molecule has 0 bridgehead atoms. The molecule has 6 heteroatoms. The summed E-state index contributed by atoms with van der Waals surface area (Å²) >= 11 is 0. The van der Waals surface area contributed by atoms with Gasteiger partial charge in [0.05, 0.1) is 5.69 Å². The SMILES string of the molecule is Cc1cc(C)n(CCCNC(=O)c2ccc(COc3cccc4ccccc34)o2)n1. The topological polar surface area (TPSA) is 69.3 Å². The molecule has 0 radical (unpaired) electrons. The van der Waals surface area contributed by atoms with Crippen molar-refractivity contribution in [1.82, 2.24) is 15.1 Å². The van der Waals surface area contributed by atoms with Crippen LogP contribution in [0.3, 0.4) is 0 Å². The molecule has 2 heterocycles.